The van der Waals surface area contributed by atoms with Crippen LogP contribution in [0.2, 0.25) is 0 Å². The molecule has 0 radical (unpaired) electrons. The quantitative estimate of drug-likeness (QED) is 0.388. The first-order chi connectivity index (χ1) is 14.2. The zero-order chi connectivity index (χ0) is 20.3. The summed E-state index contributed by atoms with van der Waals surface area (Å²) in [6.45, 7) is 11.3. The fourth-order valence-electron chi connectivity index (χ4n) is 3.62. The minimum Gasteiger partial charge on any atom is -0.357 e. The maximum Gasteiger partial charge on any atom is 0.191 e. The molecule has 0 unspecified atom stereocenters. The summed E-state index contributed by atoms with van der Waals surface area (Å²) >= 11 is 0. The van der Waals surface area contributed by atoms with Gasteiger partial charge in [0, 0.05) is 38.6 Å². The Morgan fingerprint density at radius 3 is 2.59 bits per heavy atom. The summed E-state index contributed by atoms with van der Waals surface area (Å²) in [7, 11) is 0. The summed E-state index contributed by atoms with van der Waals surface area (Å²) in [6, 6.07) is 10.9. The van der Waals surface area contributed by atoms with Crippen molar-refractivity contribution >= 4 is 5.96 Å². The van der Waals surface area contributed by atoms with Crippen LogP contribution in [0.3, 0.4) is 0 Å². The number of hydrogen-bond donors (Lipinski definition) is 2. The van der Waals surface area contributed by atoms with Crippen molar-refractivity contribution in [2.75, 3.05) is 26.2 Å². The number of piperidine rings is 1. The summed E-state index contributed by atoms with van der Waals surface area (Å²) < 4.78 is 1.96. The van der Waals surface area contributed by atoms with E-state index in [2.05, 4.69) is 58.7 Å². The van der Waals surface area contributed by atoms with E-state index in [0.717, 1.165) is 44.5 Å². The van der Waals surface area contributed by atoms with Crippen LogP contribution in [0.4, 0.5) is 0 Å². The van der Waals surface area contributed by atoms with Gasteiger partial charge in [0.25, 0.3) is 0 Å². The van der Waals surface area contributed by atoms with E-state index in [1.54, 1.807) is 0 Å². The number of aliphatic imine (C=N–C) groups is 1. The third-order valence-electron chi connectivity index (χ3n) is 5.48. The maximum absolute atomic E-state index is 4.73. The Bertz CT molecular complexity index is 714. The molecule has 2 N–H and O–H groups in total. The average molecular weight is 397 g/mol. The van der Waals surface area contributed by atoms with Gasteiger partial charge in [0.05, 0.1) is 6.54 Å². The van der Waals surface area contributed by atoms with Gasteiger partial charge in [0.1, 0.15) is 0 Å². The smallest absolute Gasteiger partial charge is 0.191 e. The molecule has 29 heavy (non-hydrogen) atoms. The Kier molecular flexibility index (Phi) is 8.56. The van der Waals surface area contributed by atoms with E-state index in [1.807, 2.05) is 23.1 Å². The molecule has 1 aromatic heterocycles. The number of hydrogen-bond acceptors (Lipinski definition) is 3. The fourth-order valence-corrected chi connectivity index (χ4v) is 3.62. The van der Waals surface area contributed by atoms with Crippen LogP contribution in [0, 0.1) is 5.92 Å². The van der Waals surface area contributed by atoms with Gasteiger partial charge in [-0.1, -0.05) is 31.2 Å². The van der Waals surface area contributed by atoms with E-state index in [4.69, 9.17) is 4.99 Å². The molecule has 1 aliphatic heterocycles. The van der Waals surface area contributed by atoms with Crippen LogP contribution in [0.25, 0.3) is 0 Å². The van der Waals surface area contributed by atoms with Crippen molar-refractivity contribution < 1.29 is 0 Å². The number of nitrogens with zero attached hydrogens (tertiary/aromatic N) is 4. The third kappa shape index (κ3) is 7.54. The zero-order valence-electron chi connectivity index (χ0n) is 18.0. The molecule has 6 nitrogen and oxygen atoms in total. The topological polar surface area (TPSA) is 57.5 Å². The second kappa shape index (κ2) is 11.6. The highest BCUT2D eigenvalue weighted by Crippen LogP contribution is 2.18. The lowest BCUT2D eigenvalue weighted by Crippen LogP contribution is -2.38. The lowest BCUT2D eigenvalue weighted by atomic mass is 9.99. The molecule has 3 rings (SSSR count). The van der Waals surface area contributed by atoms with Crippen LogP contribution >= 0.6 is 0 Å². The average Bonchev–Trinajstić information content (AvgIpc) is 3.25. The van der Waals surface area contributed by atoms with Crippen LogP contribution in [-0.4, -0.2) is 46.8 Å². The molecule has 1 aliphatic rings. The number of likely N-dealkylation sites (tertiary alicyclic amines) is 1. The van der Waals surface area contributed by atoms with Crippen molar-refractivity contribution in [3.05, 3.63) is 53.9 Å². The summed E-state index contributed by atoms with van der Waals surface area (Å²) in [5.41, 5.74) is 2.64. The van der Waals surface area contributed by atoms with Crippen LogP contribution in [-0.2, 0) is 19.6 Å². The second-order valence-electron chi connectivity index (χ2n) is 8.02. The van der Waals surface area contributed by atoms with Gasteiger partial charge < -0.3 is 10.6 Å². The first-order valence-electron chi connectivity index (χ1n) is 11.0. The Hall–Kier alpha value is -2.34. The van der Waals surface area contributed by atoms with E-state index in [-0.39, 0.29) is 0 Å². The standard InChI is InChI=1S/C23H36N6/c1-3-24-23(25-12-4-14-29-15-5-13-27-29)26-18-21-6-8-22(9-7-21)19-28-16-10-20(2)11-17-28/h5-9,13,15,20H,3-4,10-12,14,16-19H2,1-2H3,(H2,24,25,26). The molecule has 0 atom stereocenters. The van der Waals surface area contributed by atoms with Gasteiger partial charge in [-0.2, -0.15) is 5.10 Å². The van der Waals surface area contributed by atoms with Crippen molar-refractivity contribution in [1.29, 1.82) is 0 Å². The van der Waals surface area contributed by atoms with E-state index < -0.39 is 0 Å². The third-order valence-corrected chi connectivity index (χ3v) is 5.48. The highest BCUT2D eigenvalue weighted by atomic mass is 15.3. The molecule has 0 bridgehead atoms. The number of benzene rings is 1. The van der Waals surface area contributed by atoms with Crippen molar-refractivity contribution in [3.8, 4) is 0 Å². The maximum atomic E-state index is 4.73. The monoisotopic (exact) mass is 396 g/mol. The molecule has 1 aromatic carbocycles. The first kappa shape index (κ1) is 21.4. The molecule has 1 saturated heterocycles. The van der Waals surface area contributed by atoms with E-state index in [0.29, 0.717) is 6.54 Å². The van der Waals surface area contributed by atoms with Crippen LogP contribution in [0.15, 0.2) is 47.7 Å². The Morgan fingerprint density at radius 1 is 1.14 bits per heavy atom. The van der Waals surface area contributed by atoms with Gasteiger partial charge in [0.15, 0.2) is 5.96 Å². The van der Waals surface area contributed by atoms with Gasteiger partial charge >= 0.3 is 0 Å². The molecule has 0 saturated carbocycles. The van der Waals surface area contributed by atoms with Gasteiger partial charge in [-0.15, -0.1) is 0 Å². The molecule has 0 aliphatic carbocycles. The molecule has 1 fully saturated rings. The molecule has 2 heterocycles. The van der Waals surface area contributed by atoms with Gasteiger partial charge in [0.2, 0.25) is 0 Å². The molecule has 0 spiro atoms. The molecule has 158 valence electrons. The Balaban J connectivity index is 1.43. The summed E-state index contributed by atoms with van der Waals surface area (Å²) in [6.07, 6.45) is 7.48. The highest BCUT2D eigenvalue weighted by molar-refractivity contribution is 5.79. The zero-order valence-corrected chi connectivity index (χ0v) is 18.0. The van der Waals surface area contributed by atoms with Crippen molar-refractivity contribution in [2.24, 2.45) is 10.9 Å². The molecule has 6 heteroatoms. The number of aromatic nitrogens is 2. The predicted molar refractivity (Wildman–Crippen MR) is 120 cm³/mol. The fraction of sp³-hybridized carbons (Fsp3) is 0.565. The van der Waals surface area contributed by atoms with E-state index in [1.165, 1.54) is 37.1 Å². The number of guanidine groups is 1. The normalized spacial score (nSPS) is 16.1. The number of nitrogens with one attached hydrogen (secondary N) is 2. The summed E-state index contributed by atoms with van der Waals surface area (Å²) in [4.78, 5) is 7.31. The second-order valence-corrected chi connectivity index (χ2v) is 8.02. The van der Waals surface area contributed by atoms with Crippen molar-refractivity contribution in [1.82, 2.24) is 25.3 Å². The minimum absolute atomic E-state index is 0.690. The molecular formula is C23H36N6. The number of aryl methyl sites for hydroxylation is 1. The van der Waals surface area contributed by atoms with Gasteiger partial charge in [-0.25, -0.2) is 4.99 Å². The Morgan fingerprint density at radius 2 is 1.90 bits per heavy atom. The van der Waals surface area contributed by atoms with E-state index in [9.17, 15) is 0 Å². The van der Waals surface area contributed by atoms with Crippen molar-refractivity contribution in [2.45, 2.75) is 52.7 Å². The van der Waals surface area contributed by atoms with Gasteiger partial charge in [-0.3, -0.25) is 9.58 Å². The van der Waals surface area contributed by atoms with Crippen molar-refractivity contribution in [3.63, 3.8) is 0 Å². The lowest BCUT2D eigenvalue weighted by Gasteiger charge is -2.30. The first-order valence-corrected chi connectivity index (χ1v) is 11.0. The number of rotatable bonds is 9. The summed E-state index contributed by atoms with van der Waals surface area (Å²) in [5, 5.41) is 11.0. The lowest BCUT2D eigenvalue weighted by molar-refractivity contribution is 0.185. The Labute approximate surface area is 175 Å². The minimum atomic E-state index is 0.690. The van der Waals surface area contributed by atoms with Crippen LogP contribution in [0.5, 0.6) is 0 Å². The molecule has 0 amide bonds. The largest absolute Gasteiger partial charge is 0.357 e. The van der Waals surface area contributed by atoms with Crippen LogP contribution < -0.4 is 10.6 Å². The SMILES string of the molecule is CCNC(=NCc1ccc(CN2CCC(C)CC2)cc1)NCCCn1cccn1. The molecule has 2 aromatic rings. The predicted octanol–water partition coefficient (Wildman–Crippen LogP) is 3.26. The highest BCUT2D eigenvalue weighted by Gasteiger charge is 2.15. The molecular weight excluding hydrogens is 360 g/mol. The van der Waals surface area contributed by atoms with Crippen LogP contribution in [0.1, 0.15) is 44.2 Å². The summed E-state index contributed by atoms with van der Waals surface area (Å²) in [5.74, 6) is 1.76. The van der Waals surface area contributed by atoms with Gasteiger partial charge in [-0.05, 0) is 62.4 Å². The van der Waals surface area contributed by atoms with E-state index >= 15 is 0 Å².